The maximum Gasteiger partial charge on any atom is 0.338 e. The lowest BCUT2D eigenvalue weighted by atomic mass is 9.93. The van der Waals surface area contributed by atoms with Gasteiger partial charge in [-0.2, -0.15) is 0 Å². The Morgan fingerprint density at radius 1 is 1.07 bits per heavy atom. The van der Waals surface area contributed by atoms with E-state index in [0.29, 0.717) is 47.7 Å². The fourth-order valence-corrected chi connectivity index (χ4v) is 6.70. The number of hydrogen-bond donors (Lipinski definition) is 0. The van der Waals surface area contributed by atoms with Crippen molar-refractivity contribution in [3.63, 3.8) is 0 Å². The summed E-state index contributed by atoms with van der Waals surface area (Å²) in [5.41, 5.74) is 2.66. The average Bonchev–Trinajstić information content (AvgIpc) is 3.62. The lowest BCUT2D eigenvalue weighted by molar-refractivity contribution is -0.138. The monoisotopic (exact) mass is 646 g/mol. The summed E-state index contributed by atoms with van der Waals surface area (Å²) in [7, 11) is 0. The zero-order valence-electron chi connectivity index (χ0n) is 23.0. The molecule has 0 bridgehead atoms. The average molecular weight is 648 g/mol. The van der Waals surface area contributed by atoms with Gasteiger partial charge in [-0.3, -0.25) is 9.36 Å². The van der Waals surface area contributed by atoms with Gasteiger partial charge in [0, 0.05) is 27.1 Å². The molecule has 1 aliphatic heterocycles. The summed E-state index contributed by atoms with van der Waals surface area (Å²) in [6.07, 6.45) is 3.67. The number of carbonyl (C=O) groups excluding carboxylic acids is 1. The summed E-state index contributed by atoms with van der Waals surface area (Å²) in [5, 5.41) is 1.03. The highest BCUT2D eigenvalue weighted by Crippen LogP contribution is 2.36. The number of fused-ring (bicyclic) bond motifs is 1. The van der Waals surface area contributed by atoms with Gasteiger partial charge < -0.3 is 9.15 Å². The molecule has 0 amide bonds. The van der Waals surface area contributed by atoms with Gasteiger partial charge in [0.1, 0.15) is 11.5 Å². The minimum Gasteiger partial charge on any atom is -0.463 e. The summed E-state index contributed by atoms with van der Waals surface area (Å²) in [6.45, 7) is 1.94. The minimum absolute atomic E-state index is 0.185. The van der Waals surface area contributed by atoms with Crippen LogP contribution in [0.2, 0.25) is 10.0 Å². The number of aromatic nitrogens is 1. The van der Waals surface area contributed by atoms with Crippen LogP contribution in [-0.4, -0.2) is 23.4 Å². The molecule has 0 spiro atoms. The normalized spacial score (nSPS) is 14.9. The smallest absolute Gasteiger partial charge is 0.338 e. The van der Waals surface area contributed by atoms with Crippen LogP contribution in [0.3, 0.4) is 0 Å². The summed E-state index contributed by atoms with van der Waals surface area (Å²) < 4.78 is 13.6. The number of ether oxygens (including phenoxy) is 1. The van der Waals surface area contributed by atoms with Crippen LogP contribution in [0.15, 0.2) is 110 Å². The second-order valence-corrected chi connectivity index (χ2v) is 12.3. The molecule has 6 nitrogen and oxygen atoms in total. The zero-order chi connectivity index (χ0) is 30.1. The topological polar surface area (TPSA) is 73.8 Å². The van der Waals surface area contributed by atoms with Crippen molar-refractivity contribution in [1.82, 2.24) is 4.57 Å². The molecule has 5 aromatic rings. The first-order valence-corrected chi connectivity index (χ1v) is 16.2. The minimum atomic E-state index is -0.749. The molecule has 10 heteroatoms. The highest BCUT2D eigenvalue weighted by atomic mass is 35.5. The van der Waals surface area contributed by atoms with Crippen molar-refractivity contribution in [3.05, 3.63) is 137 Å². The molecule has 43 heavy (non-hydrogen) atoms. The summed E-state index contributed by atoms with van der Waals surface area (Å²) in [4.78, 5) is 34.1. The fourth-order valence-electron chi connectivity index (χ4n) is 4.93. The molecule has 0 fully saturated rings. The van der Waals surface area contributed by atoms with E-state index in [-0.39, 0.29) is 12.2 Å². The second kappa shape index (κ2) is 12.4. The molecule has 0 aliphatic carbocycles. The molecule has 1 aliphatic rings. The Bertz CT molecular complexity index is 2040. The molecule has 3 heterocycles. The predicted molar refractivity (Wildman–Crippen MR) is 173 cm³/mol. The van der Waals surface area contributed by atoms with Crippen molar-refractivity contribution in [3.8, 4) is 11.3 Å². The van der Waals surface area contributed by atoms with Crippen LogP contribution in [0.25, 0.3) is 23.1 Å². The number of thioether (sulfide) groups is 1. The number of halogens is 2. The zero-order valence-corrected chi connectivity index (χ0v) is 26.2. The number of furan rings is 1. The first kappa shape index (κ1) is 29.3. The molecule has 6 rings (SSSR count). The summed E-state index contributed by atoms with van der Waals surface area (Å²) >= 11 is 15.4. The third kappa shape index (κ3) is 5.76. The van der Waals surface area contributed by atoms with Crippen LogP contribution in [0.4, 0.5) is 0 Å². The fraction of sp³-hybridized carbons (Fsp3) is 0.121. The van der Waals surface area contributed by atoms with E-state index in [1.807, 2.05) is 60.9 Å². The Hall–Kier alpha value is -3.82. The molecule has 0 saturated heterocycles. The number of nitrogens with zero attached hydrogens (tertiary/aromatic N) is 2. The van der Waals surface area contributed by atoms with E-state index in [0.717, 1.165) is 16.0 Å². The number of rotatable bonds is 7. The van der Waals surface area contributed by atoms with Gasteiger partial charge in [-0.15, -0.1) is 11.8 Å². The van der Waals surface area contributed by atoms with Gasteiger partial charge in [0.25, 0.3) is 5.56 Å². The Morgan fingerprint density at radius 2 is 1.84 bits per heavy atom. The molecule has 216 valence electrons. The highest BCUT2D eigenvalue weighted by Gasteiger charge is 2.35. The van der Waals surface area contributed by atoms with Crippen molar-refractivity contribution in [1.29, 1.82) is 0 Å². The van der Waals surface area contributed by atoms with Crippen molar-refractivity contribution >= 4 is 64.0 Å². The Kier molecular flexibility index (Phi) is 8.45. The van der Waals surface area contributed by atoms with E-state index in [9.17, 15) is 9.59 Å². The number of esters is 1. The van der Waals surface area contributed by atoms with Crippen LogP contribution in [0, 0.1) is 0 Å². The van der Waals surface area contributed by atoms with Crippen molar-refractivity contribution in [2.24, 2.45) is 4.99 Å². The predicted octanol–water partition coefficient (Wildman–Crippen LogP) is 7.22. The SMILES string of the molecule is CCOC(=O)C1=C(c2ccccc2)N=c2s/c(=C\c3ccc(-c4cc(Cl)ccc4Cl)o3)c(=O)n2[C@H]1c1ccc(SC)cc1. The van der Waals surface area contributed by atoms with Crippen LogP contribution in [0.5, 0.6) is 0 Å². The first-order valence-electron chi connectivity index (χ1n) is 13.4. The summed E-state index contributed by atoms with van der Waals surface area (Å²) in [6, 6.07) is 25.2. The van der Waals surface area contributed by atoms with E-state index < -0.39 is 12.0 Å². The van der Waals surface area contributed by atoms with Crippen LogP contribution < -0.4 is 14.9 Å². The molecule has 0 radical (unpaired) electrons. The van der Waals surface area contributed by atoms with Crippen LogP contribution >= 0.6 is 46.3 Å². The van der Waals surface area contributed by atoms with Crippen molar-refractivity contribution in [2.45, 2.75) is 17.9 Å². The van der Waals surface area contributed by atoms with E-state index in [1.165, 1.54) is 11.3 Å². The molecule has 3 aromatic carbocycles. The van der Waals surface area contributed by atoms with E-state index in [4.69, 9.17) is 37.3 Å². The van der Waals surface area contributed by atoms with E-state index in [2.05, 4.69) is 0 Å². The van der Waals surface area contributed by atoms with Gasteiger partial charge >= 0.3 is 5.97 Å². The number of carbonyl (C=O) groups is 1. The van der Waals surface area contributed by atoms with Crippen LogP contribution in [0.1, 0.15) is 29.9 Å². The van der Waals surface area contributed by atoms with Gasteiger partial charge in [-0.25, -0.2) is 9.79 Å². The number of thiazole rings is 1. The largest absolute Gasteiger partial charge is 0.463 e. The third-order valence-electron chi connectivity index (χ3n) is 6.90. The van der Waals surface area contributed by atoms with Crippen molar-refractivity contribution < 1.29 is 13.9 Å². The van der Waals surface area contributed by atoms with E-state index in [1.54, 1.807) is 59.7 Å². The van der Waals surface area contributed by atoms with Gasteiger partial charge in [-0.1, -0.05) is 77.0 Å². The maximum absolute atomic E-state index is 14.1. The molecule has 1 atom stereocenters. The number of benzene rings is 3. The first-order chi connectivity index (χ1) is 20.9. The van der Waals surface area contributed by atoms with Crippen LogP contribution in [-0.2, 0) is 9.53 Å². The van der Waals surface area contributed by atoms with Gasteiger partial charge in [-0.05, 0) is 61.2 Å². The maximum atomic E-state index is 14.1. The quantitative estimate of drug-likeness (QED) is 0.138. The van der Waals surface area contributed by atoms with Crippen molar-refractivity contribution in [2.75, 3.05) is 12.9 Å². The standard InChI is InChI=1S/C33H24Cl2N2O4S2/c1-3-40-32(39)28-29(19-7-5-4-6-8-19)36-33-37(30(28)20-9-13-23(42-2)14-10-20)31(38)27(43-33)18-22-12-16-26(41-22)24-17-21(34)11-15-25(24)35/h4-18,30H,3H2,1-2H3/b27-18-/t30-/m0/s1. The molecule has 0 saturated carbocycles. The summed E-state index contributed by atoms with van der Waals surface area (Å²) in [5.74, 6) is 0.465. The third-order valence-corrected chi connectivity index (χ3v) is 9.19. The Labute approximate surface area is 265 Å². The Morgan fingerprint density at radius 3 is 2.56 bits per heavy atom. The molecule has 0 unspecified atom stereocenters. The lowest BCUT2D eigenvalue weighted by Gasteiger charge is -2.26. The number of hydrogen-bond acceptors (Lipinski definition) is 7. The molecular weight excluding hydrogens is 623 g/mol. The Balaban J connectivity index is 1.56. The highest BCUT2D eigenvalue weighted by molar-refractivity contribution is 7.98. The second-order valence-electron chi connectivity index (χ2n) is 9.53. The van der Waals surface area contributed by atoms with Gasteiger partial charge in [0.05, 0.1) is 33.5 Å². The lowest BCUT2D eigenvalue weighted by Crippen LogP contribution is -2.40. The molecule has 0 N–H and O–H groups in total. The molecular formula is C33H24Cl2N2O4S2. The van der Waals surface area contributed by atoms with E-state index >= 15 is 0 Å². The van der Waals surface area contributed by atoms with Gasteiger partial charge in [0.15, 0.2) is 4.80 Å². The molecule has 2 aromatic heterocycles. The van der Waals surface area contributed by atoms with Gasteiger partial charge in [0.2, 0.25) is 0 Å².